The lowest BCUT2D eigenvalue weighted by Gasteiger charge is -2.16. The first-order chi connectivity index (χ1) is 7.27. The lowest BCUT2D eigenvalue weighted by atomic mass is 10.1. The molecular formula is C12H16INS. The largest absolute Gasteiger partial charge is 0.310 e. The Morgan fingerprint density at radius 2 is 2.47 bits per heavy atom. The summed E-state index contributed by atoms with van der Waals surface area (Å²) in [6, 6.07) is 2.68. The highest BCUT2D eigenvalue weighted by Crippen LogP contribution is 2.25. The van der Waals surface area contributed by atoms with Crippen LogP contribution in [0.1, 0.15) is 37.8 Å². The van der Waals surface area contributed by atoms with Crippen molar-refractivity contribution in [1.82, 2.24) is 5.32 Å². The number of terminal acetylenes is 1. The maximum absolute atomic E-state index is 5.31. The van der Waals surface area contributed by atoms with Gasteiger partial charge in [-0.15, -0.1) is 23.7 Å². The molecule has 1 aromatic heterocycles. The fraction of sp³-hybridized carbons (Fsp3) is 0.500. The van der Waals surface area contributed by atoms with Crippen LogP contribution in [-0.2, 0) is 0 Å². The Morgan fingerprint density at radius 1 is 1.67 bits per heavy atom. The summed E-state index contributed by atoms with van der Waals surface area (Å²) in [5.41, 5.74) is 1.38. The minimum absolute atomic E-state index is 0.431. The quantitative estimate of drug-likeness (QED) is 0.617. The van der Waals surface area contributed by atoms with Crippen molar-refractivity contribution in [3.8, 4) is 12.3 Å². The summed E-state index contributed by atoms with van der Waals surface area (Å²) in [6.45, 7) is 3.24. The van der Waals surface area contributed by atoms with Gasteiger partial charge in [0.2, 0.25) is 0 Å². The van der Waals surface area contributed by atoms with Crippen LogP contribution in [0.15, 0.2) is 11.4 Å². The van der Waals surface area contributed by atoms with Gasteiger partial charge in [-0.05, 0) is 59.0 Å². The van der Waals surface area contributed by atoms with Gasteiger partial charge >= 0.3 is 0 Å². The van der Waals surface area contributed by atoms with Gasteiger partial charge in [-0.25, -0.2) is 0 Å². The molecule has 0 bridgehead atoms. The van der Waals surface area contributed by atoms with E-state index in [1.165, 1.54) is 8.45 Å². The zero-order chi connectivity index (χ0) is 11.1. The van der Waals surface area contributed by atoms with Crippen LogP contribution in [0.5, 0.6) is 0 Å². The van der Waals surface area contributed by atoms with Crippen molar-refractivity contribution in [3.05, 3.63) is 19.9 Å². The molecule has 0 saturated heterocycles. The molecule has 0 saturated carbocycles. The lowest BCUT2D eigenvalue weighted by molar-refractivity contribution is 0.507. The van der Waals surface area contributed by atoms with E-state index in [1.54, 1.807) is 11.3 Å². The summed E-state index contributed by atoms with van der Waals surface area (Å²) in [5, 5.41) is 5.77. The second kappa shape index (κ2) is 7.26. The van der Waals surface area contributed by atoms with E-state index in [0.29, 0.717) is 6.04 Å². The monoisotopic (exact) mass is 333 g/mol. The summed E-state index contributed by atoms with van der Waals surface area (Å²) in [6.07, 6.45) is 8.34. The average molecular weight is 333 g/mol. The molecule has 0 amide bonds. The molecule has 0 aromatic carbocycles. The predicted octanol–water partition coefficient (Wildman–Crippen LogP) is 3.81. The van der Waals surface area contributed by atoms with E-state index in [-0.39, 0.29) is 0 Å². The van der Waals surface area contributed by atoms with Crippen molar-refractivity contribution in [1.29, 1.82) is 0 Å². The van der Waals surface area contributed by atoms with Crippen molar-refractivity contribution in [2.24, 2.45) is 0 Å². The smallest absolute Gasteiger partial charge is 0.0656 e. The molecular weight excluding hydrogens is 317 g/mol. The highest BCUT2D eigenvalue weighted by atomic mass is 127. The molecule has 15 heavy (non-hydrogen) atoms. The second-order valence-electron chi connectivity index (χ2n) is 3.43. The molecule has 1 heterocycles. The van der Waals surface area contributed by atoms with Gasteiger partial charge < -0.3 is 5.32 Å². The van der Waals surface area contributed by atoms with Gasteiger partial charge in [-0.3, -0.25) is 0 Å². The highest BCUT2D eigenvalue weighted by Gasteiger charge is 2.11. The average Bonchev–Trinajstić information content (AvgIpc) is 2.65. The van der Waals surface area contributed by atoms with E-state index >= 15 is 0 Å². The second-order valence-corrected chi connectivity index (χ2v) is 6.24. The first-order valence-electron chi connectivity index (χ1n) is 5.18. The minimum atomic E-state index is 0.431. The van der Waals surface area contributed by atoms with E-state index in [0.717, 1.165) is 25.8 Å². The number of halogens is 1. The zero-order valence-electron chi connectivity index (χ0n) is 8.92. The van der Waals surface area contributed by atoms with Crippen molar-refractivity contribution >= 4 is 33.9 Å². The molecule has 0 radical (unpaired) electrons. The van der Waals surface area contributed by atoms with Crippen molar-refractivity contribution < 1.29 is 0 Å². The Bertz CT molecular complexity index is 327. The normalized spacial score (nSPS) is 12.3. The third kappa shape index (κ3) is 4.54. The van der Waals surface area contributed by atoms with Gasteiger partial charge in [0.05, 0.1) is 2.88 Å². The van der Waals surface area contributed by atoms with Crippen molar-refractivity contribution in [3.63, 3.8) is 0 Å². The summed E-state index contributed by atoms with van der Waals surface area (Å²) in [5.74, 6) is 2.71. The summed E-state index contributed by atoms with van der Waals surface area (Å²) in [7, 11) is 0. The molecule has 0 fully saturated rings. The molecule has 0 aliphatic rings. The Balaban J connectivity index is 2.59. The maximum Gasteiger partial charge on any atom is 0.0656 e. The van der Waals surface area contributed by atoms with Gasteiger partial charge in [0.15, 0.2) is 0 Å². The number of hydrogen-bond acceptors (Lipinski definition) is 2. The Morgan fingerprint density at radius 3 is 3.00 bits per heavy atom. The Hall–Kier alpha value is -0.0500. The highest BCUT2D eigenvalue weighted by molar-refractivity contribution is 14.1. The molecule has 1 nitrogen and oxygen atoms in total. The third-order valence-electron chi connectivity index (χ3n) is 2.21. The van der Waals surface area contributed by atoms with E-state index in [4.69, 9.17) is 6.42 Å². The molecule has 1 rings (SSSR count). The molecule has 3 heteroatoms. The van der Waals surface area contributed by atoms with Crippen LogP contribution in [0, 0.1) is 15.2 Å². The molecule has 82 valence electrons. The van der Waals surface area contributed by atoms with E-state index in [1.807, 2.05) is 0 Å². The molecule has 0 spiro atoms. The SMILES string of the molecule is C#CCCC(NCCC)c1csc(I)c1. The van der Waals surface area contributed by atoms with Gasteiger partial charge in [0, 0.05) is 12.5 Å². The molecule has 0 aliphatic heterocycles. The van der Waals surface area contributed by atoms with Gasteiger partial charge in [-0.2, -0.15) is 0 Å². The number of nitrogens with one attached hydrogen (secondary N) is 1. The van der Waals surface area contributed by atoms with E-state index in [2.05, 4.69) is 52.2 Å². The van der Waals surface area contributed by atoms with Crippen LogP contribution in [0.25, 0.3) is 0 Å². The standard InChI is InChI=1S/C12H16INS/c1-3-5-6-11(14-7-4-2)10-8-12(13)15-9-10/h1,8-9,11,14H,4-7H2,2H3. The lowest BCUT2D eigenvalue weighted by Crippen LogP contribution is -2.21. The first kappa shape index (κ1) is 13.0. The van der Waals surface area contributed by atoms with Crippen LogP contribution in [0.2, 0.25) is 0 Å². The zero-order valence-corrected chi connectivity index (χ0v) is 11.9. The number of hydrogen-bond donors (Lipinski definition) is 1. The van der Waals surface area contributed by atoms with Crippen LogP contribution in [-0.4, -0.2) is 6.54 Å². The third-order valence-corrected chi connectivity index (χ3v) is 4.02. The molecule has 0 aliphatic carbocycles. The predicted molar refractivity (Wildman–Crippen MR) is 76.1 cm³/mol. The van der Waals surface area contributed by atoms with Crippen LogP contribution >= 0.6 is 33.9 Å². The fourth-order valence-electron chi connectivity index (χ4n) is 1.44. The fourth-order valence-corrected chi connectivity index (χ4v) is 2.87. The van der Waals surface area contributed by atoms with Crippen molar-refractivity contribution in [2.45, 2.75) is 32.2 Å². The molecule has 1 N–H and O–H groups in total. The number of thiophene rings is 1. The van der Waals surface area contributed by atoms with E-state index < -0.39 is 0 Å². The molecule has 1 atom stereocenters. The number of rotatable bonds is 6. The van der Waals surface area contributed by atoms with Crippen LogP contribution < -0.4 is 5.32 Å². The molecule has 1 unspecified atom stereocenters. The Kier molecular flexibility index (Phi) is 6.30. The first-order valence-corrected chi connectivity index (χ1v) is 7.14. The summed E-state index contributed by atoms with van der Waals surface area (Å²) in [4.78, 5) is 0. The summed E-state index contributed by atoms with van der Waals surface area (Å²) < 4.78 is 1.34. The van der Waals surface area contributed by atoms with Gasteiger partial charge in [0.1, 0.15) is 0 Å². The maximum atomic E-state index is 5.31. The van der Waals surface area contributed by atoms with Crippen LogP contribution in [0.4, 0.5) is 0 Å². The Labute approximate surface area is 110 Å². The van der Waals surface area contributed by atoms with Crippen LogP contribution in [0.3, 0.4) is 0 Å². The minimum Gasteiger partial charge on any atom is -0.310 e. The van der Waals surface area contributed by atoms with Gasteiger partial charge in [-0.1, -0.05) is 6.92 Å². The molecule has 1 aromatic rings. The van der Waals surface area contributed by atoms with Crippen molar-refractivity contribution in [2.75, 3.05) is 6.54 Å². The van der Waals surface area contributed by atoms with E-state index in [9.17, 15) is 0 Å². The summed E-state index contributed by atoms with van der Waals surface area (Å²) >= 11 is 4.15. The topological polar surface area (TPSA) is 12.0 Å². The van der Waals surface area contributed by atoms with Gasteiger partial charge in [0.25, 0.3) is 0 Å².